The van der Waals surface area contributed by atoms with Crippen molar-refractivity contribution >= 4 is 19.0 Å². The van der Waals surface area contributed by atoms with Crippen molar-refractivity contribution < 1.29 is 8.78 Å². The number of rotatable bonds is 5. The Morgan fingerprint density at radius 1 is 1.11 bits per heavy atom. The maximum Gasteiger partial charge on any atom is 0.270 e. The summed E-state index contributed by atoms with van der Waals surface area (Å²) < 4.78 is 26.9. The second-order valence-corrected chi connectivity index (χ2v) is 9.78. The van der Waals surface area contributed by atoms with E-state index in [1.807, 2.05) is 20.8 Å². The molecule has 4 heteroatoms. The molecule has 18 heavy (non-hydrogen) atoms. The van der Waals surface area contributed by atoms with Crippen LogP contribution in [0.15, 0.2) is 30.3 Å². The summed E-state index contributed by atoms with van der Waals surface area (Å²) in [5.41, 5.74) is 6.86. The molecule has 0 aromatic heterocycles. The van der Waals surface area contributed by atoms with Gasteiger partial charge in [-0.2, -0.15) is 8.78 Å². The highest BCUT2D eigenvalue weighted by Crippen LogP contribution is 2.38. The normalized spacial score (nSPS) is 11.4. The van der Waals surface area contributed by atoms with Gasteiger partial charge in [-0.05, 0) is 17.7 Å². The Morgan fingerprint density at radius 2 is 1.67 bits per heavy atom. The predicted molar refractivity (Wildman–Crippen MR) is 77.2 cm³/mol. The van der Waals surface area contributed by atoms with Gasteiger partial charge in [-0.25, -0.2) is 0 Å². The maximum atomic E-state index is 13.4. The van der Waals surface area contributed by atoms with Crippen molar-refractivity contribution in [1.29, 1.82) is 0 Å². The zero-order valence-corrected chi connectivity index (χ0v) is 12.3. The average molecular weight is 269 g/mol. The molecule has 1 aromatic carbocycles. The fourth-order valence-electron chi connectivity index (χ4n) is 2.59. The molecule has 0 aliphatic carbocycles. The molecule has 0 fully saturated rings. The minimum absolute atomic E-state index is 0.294. The summed E-state index contributed by atoms with van der Waals surface area (Å²) in [5, 5.41) is 0.294. The molecule has 0 atom stereocenters. The van der Waals surface area contributed by atoms with Crippen LogP contribution < -0.4 is 5.73 Å². The van der Waals surface area contributed by atoms with Gasteiger partial charge < -0.3 is 5.73 Å². The summed E-state index contributed by atoms with van der Waals surface area (Å²) in [6, 6.07) is 9.38. The summed E-state index contributed by atoms with van der Waals surface area (Å²) >= 11 is 0. The Morgan fingerprint density at radius 3 is 2.06 bits per heavy atom. The van der Waals surface area contributed by atoms with E-state index in [-0.39, 0.29) is 0 Å². The van der Waals surface area contributed by atoms with Gasteiger partial charge in [0.2, 0.25) is 0 Å². The lowest BCUT2D eigenvalue weighted by molar-refractivity contribution is 0.427. The molecule has 0 radical (unpaired) electrons. The highest BCUT2D eigenvalue weighted by Gasteiger charge is 2.35. The van der Waals surface area contributed by atoms with Gasteiger partial charge in [0, 0.05) is 10.9 Å². The van der Waals surface area contributed by atoms with E-state index in [0.29, 0.717) is 16.4 Å². The van der Waals surface area contributed by atoms with Crippen molar-refractivity contribution in [3.05, 3.63) is 35.9 Å². The first-order valence-electron chi connectivity index (χ1n) is 6.42. The molecule has 0 saturated heterocycles. The summed E-state index contributed by atoms with van der Waals surface area (Å²) in [7, 11) is -2.10. The maximum absolute atomic E-state index is 13.4. The van der Waals surface area contributed by atoms with Gasteiger partial charge in [-0.1, -0.05) is 51.0 Å². The smallest absolute Gasteiger partial charge is 0.270 e. The Labute approximate surface area is 109 Å². The molecular formula is C14H21F2NSi. The van der Waals surface area contributed by atoms with Gasteiger partial charge in [0.1, 0.15) is 0 Å². The number of anilines is 1. The quantitative estimate of drug-likeness (QED) is 0.595. The number of benzene rings is 1. The minimum Gasteiger partial charge on any atom is -0.399 e. The van der Waals surface area contributed by atoms with Crippen LogP contribution in [0.25, 0.3) is 5.20 Å². The Balaban J connectivity index is 3.41. The molecule has 100 valence electrons. The largest absolute Gasteiger partial charge is 0.399 e. The van der Waals surface area contributed by atoms with E-state index < -0.39 is 14.2 Å². The Bertz CT molecular complexity index is 427. The first-order valence-corrected chi connectivity index (χ1v) is 9.04. The predicted octanol–water partition coefficient (Wildman–Crippen LogP) is 4.92. The van der Waals surface area contributed by atoms with E-state index in [0.717, 1.165) is 18.1 Å². The highest BCUT2D eigenvalue weighted by atomic mass is 28.3. The number of halogens is 2. The SMILES string of the molecule is CC[Si](CC)(CC)C(=C(F)F)c1cccc(N)c1. The zero-order valence-electron chi connectivity index (χ0n) is 11.3. The number of hydrogen-bond acceptors (Lipinski definition) is 1. The van der Waals surface area contributed by atoms with E-state index in [1.165, 1.54) is 0 Å². The van der Waals surface area contributed by atoms with Crippen molar-refractivity contribution in [2.45, 2.75) is 38.9 Å². The Kier molecular flexibility index (Phi) is 5.08. The Hall–Kier alpha value is -1.16. The summed E-state index contributed by atoms with van der Waals surface area (Å²) in [5.74, 6) is 0. The molecule has 0 unspecified atom stereocenters. The lowest BCUT2D eigenvalue weighted by Gasteiger charge is -2.30. The molecule has 0 aliphatic heterocycles. The lowest BCUT2D eigenvalue weighted by Crippen LogP contribution is -2.34. The van der Waals surface area contributed by atoms with Crippen LogP contribution in [0.3, 0.4) is 0 Å². The second-order valence-electron chi connectivity index (χ2n) is 4.60. The second kappa shape index (κ2) is 6.14. The van der Waals surface area contributed by atoms with Gasteiger partial charge >= 0.3 is 0 Å². The molecule has 0 spiro atoms. The fourth-order valence-corrected chi connectivity index (χ4v) is 6.32. The van der Waals surface area contributed by atoms with E-state index in [9.17, 15) is 8.78 Å². The van der Waals surface area contributed by atoms with Gasteiger partial charge in [0.15, 0.2) is 0 Å². The van der Waals surface area contributed by atoms with E-state index in [2.05, 4.69) is 0 Å². The van der Waals surface area contributed by atoms with Crippen LogP contribution in [-0.4, -0.2) is 8.07 Å². The third-order valence-electron chi connectivity index (χ3n) is 3.92. The van der Waals surface area contributed by atoms with Gasteiger partial charge in [-0.15, -0.1) is 0 Å². The lowest BCUT2D eigenvalue weighted by atomic mass is 10.2. The van der Waals surface area contributed by atoms with Crippen molar-refractivity contribution in [3.63, 3.8) is 0 Å². The molecule has 0 heterocycles. The van der Waals surface area contributed by atoms with Crippen LogP contribution in [-0.2, 0) is 0 Å². The third-order valence-corrected chi connectivity index (χ3v) is 9.52. The summed E-state index contributed by atoms with van der Waals surface area (Å²) in [6.45, 7) is 6.07. The topological polar surface area (TPSA) is 26.0 Å². The van der Waals surface area contributed by atoms with Crippen molar-refractivity contribution in [1.82, 2.24) is 0 Å². The molecular weight excluding hydrogens is 248 g/mol. The molecule has 2 N–H and O–H groups in total. The number of hydrogen-bond donors (Lipinski definition) is 1. The molecule has 1 nitrogen and oxygen atoms in total. The highest BCUT2D eigenvalue weighted by molar-refractivity contribution is 6.96. The van der Waals surface area contributed by atoms with Crippen molar-refractivity contribution in [2.24, 2.45) is 0 Å². The van der Waals surface area contributed by atoms with E-state index in [1.54, 1.807) is 24.3 Å². The third kappa shape index (κ3) is 2.80. The molecule has 1 rings (SSSR count). The first kappa shape index (κ1) is 14.9. The summed E-state index contributed by atoms with van der Waals surface area (Å²) in [6.07, 6.45) is -1.53. The van der Waals surface area contributed by atoms with Gasteiger partial charge in [0.25, 0.3) is 6.08 Å². The van der Waals surface area contributed by atoms with E-state index in [4.69, 9.17) is 5.73 Å². The summed E-state index contributed by atoms with van der Waals surface area (Å²) in [4.78, 5) is 0. The zero-order chi connectivity index (χ0) is 13.8. The van der Waals surface area contributed by atoms with Crippen LogP contribution in [0.5, 0.6) is 0 Å². The average Bonchev–Trinajstić information content (AvgIpc) is 2.35. The van der Waals surface area contributed by atoms with Crippen molar-refractivity contribution in [3.8, 4) is 0 Å². The van der Waals surface area contributed by atoms with Crippen LogP contribution in [0.2, 0.25) is 18.1 Å². The molecule has 0 aliphatic rings. The molecule has 1 aromatic rings. The number of nitrogens with two attached hydrogens (primary N) is 1. The molecule has 0 amide bonds. The van der Waals surface area contributed by atoms with Crippen molar-refractivity contribution in [2.75, 3.05) is 5.73 Å². The standard InChI is InChI=1S/C14H21F2NSi/c1-4-18(5-2,6-3)13(14(15)16)11-8-7-9-12(17)10-11/h7-10H,4-6,17H2,1-3H3. The molecule has 0 bridgehead atoms. The minimum atomic E-state index is -2.10. The van der Waals surface area contributed by atoms with Crippen LogP contribution in [0.4, 0.5) is 14.5 Å². The fraction of sp³-hybridized carbons (Fsp3) is 0.429. The van der Waals surface area contributed by atoms with Crippen LogP contribution >= 0.6 is 0 Å². The molecule has 0 saturated carbocycles. The monoisotopic (exact) mass is 269 g/mol. The first-order chi connectivity index (χ1) is 8.50. The van der Waals surface area contributed by atoms with Crippen LogP contribution in [0.1, 0.15) is 26.3 Å². The van der Waals surface area contributed by atoms with Gasteiger partial charge in [-0.3, -0.25) is 0 Å². The number of nitrogen functional groups attached to an aromatic ring is 1. The van der Waals surface area contributed by atoms with Crippen LogP contribution in [0, 0.1) is 0 Å². The van der Waals surface area contributed by atoms with Gasteiger partial charge in [0.05, 0.1) is 8.07 Å². The van der Waals surface area contributed by atoms with E-state index >= 15 is 0 Å².